The van der Waals surface area contributed by atoms with Crippen LogP contribution >= 0.6 is 15.9 Å². The Balaban J connectivity index is 2.25. The largest absolute Gasteiger partial charge is 0.211 e. The number of aromatic nitrogens is 3. The summed E-state index contributed by atoms with van der Waals surface area (Å²) >= 11 is 3.39. The standard InChI is InChI=1S/C14H9BrN4/c15-8-10-5-6-13(11(7-10)9-16)19-14-4-2-1-3-12(14)17-18-19/h1-7H,8H2. The number of fused-ring (bicyclic) bond motifs is 1. The molecule has 2 aromatic carbocycles. The van der Waals surface area contributed by atoms with Crippen LogP contribution < -0.4 is 0 Å². The normalized spacial score (nSPS) is 10.5. The topological polar surface area (TPSA) is 54.5 Å². The van der Waals surface area contributed by atoms with E-state index in [1.807, 2.05) is 42.5 Å². The maximum atomic E-state index is 9.28. The van der Waals surface area contributed by atoms with E-state index in [4.69, 9.17) is 0 Å². The molecule has 3 aromatic rings. The molecule has 5 heteroatoms. The summed E-state index contributed by atoms with van der Waals surface area (Å²) in [5.41, 5.74) is 4.11. The molecular weight excluding hydrogens is 304 g/mol. The average molecular weight is 313 g/mol. The quantitative estimate of drug-likeness (QED) is 0.683. The third-order valence-electron chi connectivity index (χ3n) is 2.92. The summed E-state index contributed by atoms with van der Waals surface area (Å²) in [5.74, 6) is 0. The number of benzene rings is 2. The average Bonchev–Trinajstić information content (AvgIpc) is 2.90. The predicted octanol–water partition coefficient (Wildman–Crippen LogP) is 3.19. The first-order chi connectivity index (χ1) is 9.33. The van der Waals surface area contributed by atoms with E-state index < -0.39 is 0 Å². The summed E-state index contributed by atoms with van der Waals surface area (Å²) < 4.78 is 1.70. The van der Waals surface area contributed by atoms with Crippen LogP contribution in [0.25, 0.3) is 16.7 Å². The van der Waals surface area contributed by atoms with Crippen molar-refractivity contribution in [1.29, 1.82) is 5.26 Å². The van der Waals surface area contributed by atoms with E-state index in [1.165, 1.54) is 0 Å². The molecule has 3 rings (SSSR count). The molecule has 0 spiro atoms. The molecule has 0 N–H and O–H groups in total. The molecule has 19 heavy (non-hydrogen) atoms. The van der Waals surface area contributed by atoms with Gasteiger partial charge >= 0.3 is 0 Å². The van der Waals surface area contributed by atoms with Crippen molar-refractivity contribution < 1.29 is 0 Å². The molecule has 0 radical (unpaired) electrons. The summed E-state index contributed by atoms with van der Waals surface area (Å²) in [4.78, 5) is 0. The Kier molecular flexibility index (Phi) is 3.02. The van der Waals surface area contributed by atoms with Gasteiger partial charge in [-0.1, -0.05) is 39.3 Å². The van der Waals surface area contributed by atoms with Crippen molar-refractivity contribution >= 4 is 27.0 Å². The van der Waals surface area contributed by atoms with Crippen LogP contribution in [-0.4, -0.2) is 15.0 Å². The van der Waals surface area contributed by atoms with Crippen molar-refractivity contribution in [2.75, 3.05) is 0 Å². The first-order valence-electron chi connectivity index (χ1n) is 5.73. The van der Waals surface area contributed by atoms with Crippen LogP contribution in [0.4, 0.5) is 0 Å². The van der Waals surface area contributed by atoms with E-state index in [9.17, 15) is 5.26 Å². The Labute approximate surface area is 118 Å². The molecule has 0 aliphatic rings. The lowest BCUT2D eigenvalue weighted by molar-refractivity contribution is 0.821. The van der Waals surface area contributed by atoms with Gasteiger partial charge in [-0.25, -0.2) is 4.68 Å². The lowest BCUT2D eigenvalue weighted by Gasteiger charge is -2.06. The van der Waals surface area contributed by atoms with E-state index >= 15 is 0 Å². The summed E-state index contributed by atoms with van der Waals surface area (Å²) in [7, 11) is 0. The van der Waals surface area contributed by atoms with E-state index in [-0.39, 0.29) is 0 Å². The zero-order valence-corrected chi connectivity index (χ0v) is 11.5. The van der Waals surface area contributed by atoms with Gasteiger partial charge in [0.15, 0.2) is 0 Å². The first kappa shape index (κ1) is 11.9. The molecular formula is C14H9BrN4. The highest BCUT2D eigenvalue weighted by molar-refractivity contribution is 9.08. The second-order valence-corrected chi connectivity index (χ2v) is 4.65. The highest BCUT2D eigenvalue weighted by Crippen LogP contribution is 2.21. The molecule has 0 aliphatic heterocycles. The summed E-state index contributed by atoms with van der Waals surface area (Å²) in [6.45, 7) is 0. The van der Waals surface area contributed by atoms with Crippen molar-refractivity contribution in [3.63, 3.8) is 0 Å². The summed E-state index contributed by atoms with van der Waals surface area (Å²) in [6, 6.07) is 15.6. The fourth-order valence-corrected chi connectivity index (χ4v) is 2.34. The van der Waals surface area contributed by atoms with Crippen molar-refractivity contribution in [3.8, 4) is 11.8 Å². The van der Waals surface area contributed by atoms with Crippen molar-refractivity contribution in [3.05, 3.63) is 53.6 Å². The van der Waals surface area contributed by atoms with Crippen LogP contribution in [0.3, 0.4) is 0 Å². The number of alkyl halides is 1. The van der Waals surface area contributed by atoms with Gasteiger partial charge in [-0.2, -0.15) is 5.26 Å². The zero-order valence-electron chi connectivity index (χ0n) is 9.92. The smallest absolute Gasteiger partial charge is 0.113 e. The van der Waals surface area contributed by atoms with Gasteiger partial charge in [0, 0.05) is 5.33 Å². The van der Waals surface area contributed by atoms with Gasteiger partial charge in [0.05, 0.1) is 16.8 Å². The molecule has 0 atom stereocenters. The van der Waals surface area contributed by atoms with Crippen LogP contribution in [-0.2, 0) is 5.33 Å². The Morgan fingerprint density at radius 3 is 2.84 bits per heavy atom. The minimum Gasteiger partial charge on any atom is -0.211 e. The Bertz CT molecular complexity index is 785. The molecule has 0 saturated carbocycles. The lowest BCUT2D eigenvalue weighted by atomic mass is 10.1. The molecule has 0 unspecified atom stereocenters. The van der Waals surface area contributed by atoms with Gasteiger partial charge in [0.2, 0.25) is 0 Å². The molecule has 0 bridgehead atoms. The predicted molar refractivity (Wildman–Crippen MR) is 76.2 cm³/mol. The minimum absolute atomic E-state index is 0.590. The lowest BCUT2D eigenvalue weighted by Crippen LogP contribution is -2.00. The van der Waals surface area contributed by atoms with Crippen molar-refractivity contribution in [2.45, 2.75) is 5.33 Å². The fraction of sp³-hybridized carbons (Fsp3) is 0.0714. The number of rotatable bonds is 2. The number of para-hydroxylation sites is 1. The van der Waals surface area contributed by atoms with Crippen LogP contribution in [0.1, 0.15) is 11.1 Å². The maximum Gasteiger partial charge on any atom is 0.113 e. The van der Waals surface area contributed by atoms with Crippen LogP contribution in [0.15, 0.2) is 42.5 Å². The second kappa shape index (κ2) is 4.82. The molecule has 0 fully saturated rings. The number of hydrogen-bond donors (Lipinski definition) is 0. The fourth-order valence-electron chi connectivity index (χ4n) is 1.99. The monoisotopic (exact) mass is 312 g/mol. The number of hydrogen-bond acceptors (Lipinski definition) is 3. The minimum atomic E-state index is 0.590. The zero-order chi connectivity index (χ0) is 13.2. The molecule has 4 nitrogen and oxygen atoms in total. The van der Waals surface area contributed by atoms with Gasteiger partial charge in [-0.05, 0) is 29.8 Å². The number of nitrogens with zero attached hydrogens (tertiary/aromatic N) is 4. The molecule has 0 aliphatic carbocycles. The van der Waals surface area contributed by atoms with Gasteiger partial charge in [0.1, 0.15) is 11.6 Å². The van der Waals surface area contributed by atoms with Crippen molar-refractivity contribution in [1.82, 2.24) is 15.0 Å². The van der Waals surface area contributed by atoms with Crippen LogP contribution in [0.2, 0.25) is 0 Å². The summed E-state index contributed by atoms with van der Waals surface area (Å²) in [6.07, 6.45) is 0. The van der Waals surface area contributed by atoms with Gasteiger partial charge < -0.3 is 0 Å². The molecule has 1 aromatic heterocycles. The third kappa shape index (κ3) is 2.00. The highest BCUT2D eigenvalue weighted by atomic mass is 79.9. The van der Waals surface area contributed by atoms with Gasteiger partial charge in [-0.3, -0.25) is 0 Å². The molecule has 0 amide bonds. The van der Waals surface area contributed by atoms with Gasteiger partial charge in [-0.15, -0.1) is 5.10 Å². The highest BCUT2D eigenvalue weighted by Gasteiger charge is 2.10. The maximum absolute atomic E-state index is 9.28. The SMILES string of the molecule is N#Cc1cc(CBr)ccc1-n1nnc2ccccc21. The third-order valence-corrected chi connectivity index (χ3v) is 3.56. The number of halogens is 1. The van der Waals surface area contributed by atoms with E-state index in [1.54, 1.807) is 4.68 Å². The summed E-state index contributed by atoms with van der Waals surface area (Å²) in [5, 5.41) is 18.2. The molecule has 92 valence electrons. The molecule has 1 heterocycles. The van der Waals surface area contributed by atoms with Crippen molar-refractivity contribution in [2.24, 2.45) is 0 Å². The number of nitriles is 1. The Hall–Kier alpha value is -2.19. The second-order valence-electron chi connectivity index (χ2n) is 4.09. The Morgan fingerprint density at radius 1 is 1.21 bits per heavy atom. The van der Waals surface area contributed by atoms with Gasteiger partial charge in [0.25, 0.3) is 0 Å². The van der Waals surface area contributed by atoms with Crippen LogP contribution in [0.5, 0.6) is 0 Å². The van der Waals surface area contributed by atoms with Crippen LogP contribution in [0, 0.1) is 11.3 Å². The van der Waals surface area contributed by atoms with E-state index in [2.05, 4.69) is 32.3 Å². The van der Waals surface area contributed by atoms with E-state index in [0.717, 1.165) is 27.6 Å². The first-order valence-corrected chi connectivity index (χ1v) is 6.85. The Morgan fingerprint density at radius 2 is 2.05 bits per heavy atom. The van der Waals surface area contributed by atoms with E-state index in [0.29, 0.717) is 5.56 Å². The molecule has 0 saturated heterocycles.